The molecule has 0 aromatic carbocycles. The Kier molecular flexibility index (Phi) is 3.79. The van der Waals surface area contributed by atoms with Crippen molar-refractivity contribution in [3.8, 4) is 0 Å². The maximum Gasteiger partial charge on any atom is 0.0330 e. The average molecular weight is 250 g/mol. The van der Waals surface area contributed by atoms with Gasteiger partial charge in [0, 0.05) is 17.5 Å². The van der Waals surface area contributed by atoms with Crippen LogP contribution in [-0.4, -0.2) is 30.6 Å². The van der Waals surface area contributed by atoms with E-state index in [1.165, 1.54) is 56.7 Å². The first kappa shape index (κ1) is 11.7. The zero-order valence-electron chi connectivity index (χ0n) is 10.4. The highest BCUT2D eigenvalue weighted by atomic mass is 32.1. The van der Waals surface area contributed by atoms with Gasteiger partial charge in [0.2, 0.25) is 0 Å². The molecule has 17 heavy (non-hydrogen) atoms. The molecule has 1 saturated carbocycles. The predicted molar refractivity (Wildman–Crippen MR) is 73.3 cm³/mol. The van der Waals surface area contributed by atoms with Crippen molar-refractivity contribution in [2.45, 2.75) is 38.3 Å². The van der Waals surface area contributed by atoms with Gasteiger partial charge in [0.15, 0.2) is 0 Å². The molecular formula is C14H22N2S. The van der Waals surface area contributed by atoms with Crippen molar-refractivity contribution < 1.29 is 0 Å². The molecule has 0 spiro atoms. The summed E-state index contributed by atoms with van der Waals surface area (Å²) in [5.41, 5.74) is 0. The smallest absolute Gasteiger partial charge is 0.0330 e. The maximum atomic E-state index is 3.47. The van der Waals surface area contributed by atoms with Gasteiger partial charge in [-0.05, 0) is 62.7 Å². The van der Waals surface area contributed by atoms with Gasteiger partial charge in [0.05, 0.1) is 0 Å². The summed E-state index contributed by atoms with van der Waals surface area (Å²) in [6, 6.07) is 5.34. The lowest BCUT2D eigenvalue weighted by Gasteiger charge is -2.22. The topological polar surface area (TPSA) is 15.3 Å². The third-order valence-electron chi connectivity index (χ3n) is 3.99. The van der Waals surface area contributed by atoms with E-state index in [9.17, 15) is 0 Å². The molecule has 1 saturated heterocycles. The second-order valence-corrected chi connectivity index (χ2v) is 6.46. The second-order valence-electron chi connectivity index (χ2n) is 5.43. The molecule has 1 aliphatic carbocycles. The van der Waals surface area contributed by atoms with Crippen LogP contribution in [0.2, 0.25) is 0 Å². The van der Waals surface area contributed by atoms with Crippen LogP contribution >= 0.6 is 11.3 Å². The molecular weight excluding hydrogens is 228 g/mol. The largest absolute Gasteiger partial charge is 0.316 e. The Labute approximate surface area is 108 Å². The van der Waals surface area contributed by atoms with E-state index in [0.717, 1.165) is 12.0 Å². The number of hydrogen-bond acceptors (Lipinski definition) is 3. The third kappa shape index (κ3) is 3.30. The lowest BCUT2D eigenvalue weighted by Crippen LogP contribution is -2.28. The highest BCUT2D eigenvalue weighted by molar-refractivity contribution is 7.09. The van der Waals surface area contributed by atoms with Crippen LogP contribution < -0.4 is 5.32 Å². The quantitative estimate of drug-likeness (QED) is 0.835. The molecule has 3 heteroatoms. The van der Waals surface area contributed by atoms with Gasteiger partial charge in [-0.25, -0.2) is 0 Å². The fraction of sp³-hybridized carbons (Fsp3) is 0.714. The predicted octanol–water partition coefficient (Wildman–Crippen LogP) is 2.71. The van der Waals surface area contributed by atoms with Crippen LogP contribution in [0.4, 0.5) is 0 Å². The molecule has 0 radical (unpaired) electrons. The number of hydrogen-bond donors (Lipinski definition) is 1. The van der Waals surface area contributed by atoms with Crippen molar-refractivity contribution in [1.29, 1.82) is 0 Å². The zero-order valence-corrected chi connectivity index (χ0v) is 11.2. The van der Waals surface area contributed by atoms with Crippen molar-refractivity contribution in [2.24, 2.45) is 5.92 Å². The second kappa shape index (κ2) is 5.51. The summed E-state index contributed by atoms with van der Waals surface area (Å²) in [7, 11) is 0. The van der Waals surface area contributed by atoms with Crippen molar-refractivity contribution in [3.05, 3.63) is 22.4 Å². The van der Waals surface area contributed by atoms with Crippen LogP contribution in [0.1, 0.15) is 30.6 Å². The number of rotatable bonds is 6. The Morgan fingerprint density at radius 1 is 1.35 bits per heavy atom. The first-order chi connectivity index (χ1) is 8.42. The van der Waals surface area contributed by atoms with Crippen molar-refractivity contribution in [3.63, 3.8) is 0 Å². The number of nitrogens with zero attached hydrogens (tertiary/aromatic N) is 1. The molecule has 2 nitrogen and oxygen atoms in total. The Balaban J connectivity index is 1.49. The van der Waals surface area contributed by atoms with E-state index in [4.69, 9.17) is 0 Å². The van der Waals surface area contributed by atoms with E-state index in [1.807, 2.05) is 11.3 Å². The lowest BCUT2D eigenvalue weighted by atomic mass is 10.0. The molecule has 1 aromatic rings. The summed E-state index contributed by atoms with van der Waals surface area (Å²) >= 11 is 1.90. The number of thiophene rings is 1. The molecule has 2 fully saturated rings. The summed E-state index contributed by atoms with van der Waals surface area (Å²) in [6.45, 7) is 4.97. The number of nitrogens with one attached hydrogen (secondary N) is 1. The minimum Gasteiger partial charge on any atom is -0.316 e. The van der Waals surface area contributed by atoms with Crippen molar-refractivity contribution in [2.75, 3.05) is 19.6 Å². The summed E-state index contributed by atoms with van der Waals surface area (Å²) in [4.78, 5) is 4.24. The Morgan fingerprint density at radius 2 is 2.29 bits per heavy atom. The molecule has 1 N–H and O–H groups in total. The molecule has 1 unspecified atom stereocenters. The Morgan fingerprint density at radius 3 is 2.94 bits per heavy atom. The van der Waals surface area contributed by atoms with Gasteiger partial charge >= 0.3 is 0 Å². The molecule has 0 bridgehead atoms. The van der Waals surface area contributed by atoms with Crippen LogP contribution in [0, 0.1) is 5.92 Å². The van der Waals surface area contributed by atoms with Gasteiger partial charge in [0.25, 0.3) is 0 Å². The summed E-state index contributed by atoms with van der Waals surface area (Å²) < 4.78 is 0. The average Bonchev–Trinajstić information content (AvgIpc) is 2.85. The molecule has 1 atom stereocenters. The highest BCUT2D eigenvalue weighted by Gasteiger charge is 2.29. The van der Waals surface area contributed by atoms with Crippen LogP contribution in [0.15, 0.2) is 17.5 Å². The lowest BCUT2D eigenvalue weighted by molar-refractivity contribution is 0.238. The molecule has 1 aromatic heterocycles. The van der Waals surface area contributed by atoms with Crippen LogP contribution in [0.25, 0.3) is 0 Å². The van der Waals surface area contributed by atoms with E-state index in [2.05, 4.69) is 27.7 Å². The highest BCUT2D eigenvalue weighted by Crippen LogP contribution is 2.30. The molecule has 94 valence electrons. The minimum absolute atomic E-state index is 0.895. The zero-order chi connectivity index (χ0) is 11.5. The minimum atomic E-state index is 0.895. The summed E-state index contributed by atoms with van der Waals surface area (Å²) in [5.74, 6) is 0.930. The maximum absolute atomic E-state index is 3.47. The normalized spacial score (nSPS) is 24.6. The molecule has 3 rings (SSSR count). The molecule has 0 amide bonds. The standard InChI is InChI=1S/C14H22N2S/c1-2-14(17-9-1)11-16(13-3-4-13)8-6-12-5-7-15-10-12/h1-2,9,12-13,15H,3-8,10-11H2. The third-order valence-corrected chi connectivity index (χ3v) is 4.85. The Hall–Kier alpha value is -0.380. The van der Waals surface area contributed by atoms with Gasteiger partial charge in [0.1, 0.15) is 0 Å². The van der Waals surface area contributed by atoms with Crippen molar-refractivity contribution in [1.82, 2.24) is 10.2 Å². The van der Waals surface area contributed by atoms with E-state index in [-0.39, 0.29) is 0 Å². The van der Waals surface area contributed by atoms with Crippen LogP contribution in [0.5, 0.6) is 0 Å². The van der Waals surface area contributed by atoms with Gasteiger partial charge in [-0.2, -0.15) is 0 Å². The van der Waals surface area contributed by atoms with Crippen molar-refractivity contribution >= 4 is 11.3 Å². The monoisotopic (exact) mass is 250 g/mol. The van der Waals surface area contributed by atoms with Gasteiger partial charge < -0.3 is 5.32 Å². The fourth-order valence-electron chi connectivity index (χ4n) is 2.74. The molecule has 2 aliphatic rings. The van der Waals surface area contributed by atoms with Gasteiger partial charge in [-0.1, -0.05) is 6.07 Å². The SMILES string of the molecule is c1csc(CN(CCC2CCNC2)C2CC2)c1. The van der Waals surface area contributed by atoms with E-state index < -0.39 is 0 Å². The first-order valence-electron chi connectivity index (χ1n) is 6.89. The van der Waals surface area contributed by atoms with E-state index >= 15 is 0 Å². The Bertz CT molecular complexity index is 326. The van der Waals surface area contributed by atoms with Crippen LogP contribution in [-0.2, 0) is 6.54 Å². The first-order valence-corrected chi connectivity index (χ1v) is 7.77. The molecule has 2 heterocycles. The van der Waals surface area contributed by atoms with E-state index in [0.29, 0.717) is 0 Å². The summed E-state index contributed by atoms with van der Waals surface area (Å²) in [5, 5.41) is 5.67. The van der Waals surface area contributed by atoms with Crippen LogP contribution in [0.3, 0.4) is 0 Å². The fourth-order valence-corrected chi connectivity index (χ4v) is 3.47. The van der Waals surface area contributed by atoms with E-state index in [1.54, 1.807) is 0 Å². The summed E-state index contributed by atoms with van der Waals surface area (Å²) in [6.07, 6.45) is 5.62. The van der Waals surface area contributed by atoms with Gasteiger partial charge in [-0.3, -0.25) is 4.90 Å². The molecule has 1 aliphatic heterocycles. The van der Waals surface area contributed by atoms with Gasteiger partial charge in [-0.15, -0.1) is 11.3 Å².